The van der Waals surface area contributed by atoms with Gasteiger partial charge in [-0.05, 0) is 37.3 Å². The Morgan fingerprint density at radius 1 is 1.33 bits per heavy atom. The molecule has 0 spiro atoms. The molecule has 1 aromatic carbocycles. The first-order valence-corrected chi connectivity index (χ1v) is 6.76. The maximum Gasteiger partial charge on any atom is 0.324 e. The number of benzene rings is 1. The molecule has 1 aliphatic heterocycles. The Hall–Kier alpha value is -1.35. The van der Waals surface area contributed by atoms with Crippen LogP contribution in [-0.4, -0.2) is 28.1 Å². The summed E-state index contributed by atoms with van der Waals surface area (Å²) in [6.45, 7) is 1.69. The van der Waals surface area contributed by atoms with Crippen molar-refractivity contribution in [3.8, 4) is 0 Å². The summed E-state index contributed by atoms with van der Waals surface area (Å²) in [5.41, 5.74) is 0.640. The minimum absolute atomic E-state index is 0.360. The number of hydrogen-bond donors (Lipinski definition) is 1. The van der Waals surface area contributed by atoms with E-state index in [0.29, 0.717) is 5.92 Å². The molecule has 3 nitrogen and oxygen atoms in total. The van der Waals surface area contributed by atoms with Crippen molar-refractivity contribution in [2.24, 2.45) is 5.92 Å². The molecule has 1 N–H and O–H groups in total. The van der Waals surface area contributed by atoms with Crippen LogP contribution in [0, 0.1) is 5.92 Å². The van der Waals surface area contributed by atoms with Crippen LogP contribution in [0.15, 0.2) is 30.3 Å². The molecular weight excluding hydrogens is 226 g/mol. The summed E-state index contributed by atoms with van der Waals surface area (Å²) in [6, 6.07) is 10.2. The second kappa shape index (κ2) is 4.39. The van der Waals surface area contributed by atoms with Crippen molar-refractivity contribution in [2.45, 2.75) is 37.8 Å². The zero-order chi connectivity index (χ0) is 12.6. The van der Waals surface area contributed by atoms with Gasteiger partial charge in [0.15, 0.2) is 0 Å². The van der Waals surface area contributed by atoms with E-state index in [1.54, 1.807) is 0 Å². The number of likely N-dealkylation sites (tertiary alicyclic amines) is 1. The third kappa shape index (κ3) is 1.65. The average molecular weight is 245 g/mol. The van der Waals surface area contributed by atoms with Crippen LogP contribution in [0.4, 0.5) is 0 Å². The Kier molecular flexibility index (Phi) is 2.86. The fraction of sp³-hybridized carbons (Fsp3) is 0.533. The van der Waals surface area contributed by atoms with E-state index < -0.39 is 11.5 Å². The van der Waals surface area contributed by atoms with Crippen LogP contribution in [0.2, 0.25) is 0 Å². The molecule has 2 atom stereocenters. The van der Waals surface area contributed by atoms with E-state index in [0.717, 1.165) is 38.8 Å². The van der Waals surface area contributed by atoms with Gasteiger partial charge in [0.1, 0.15) is 5.54 Å². The van der Waals surface area contributed by atoms with Gasteiger partial charge < -0.3 is 5.11 Å². The molecule has 1 saturated heterocycles. The number of fused-ring (bicyclic) bond motifs is 1. The van der Waals surface area contributed by atoms with Gasteiger partial charge in [0.05, 0.1) is 0 Å². The van der Waals surface area contributed by atoms with Crippen LogP contribution in [-0.2, 0) is 11.3 Å². The average Bonchev–Trinajstić information content (AvgIpc) is 2.92. The normalized spacial score (nSPS) is 31.4. The highest BCUT2D eigenvalue weighted by Crippen LogP contribution is 2.47. The van der Waals surface area contributed by atoms with Crippen molar-refractivity contribution in [1.82, 2.24) is 4.90 Å². The van der Waals surface area contributed by atoms with Crippen LogP contribution in [0.3, 0.4) is 0 Å². The zero-order valence-electron chi connectivity index (χ0n) is 10.5. The fourth-order valence-corrected chi connectivity index (χ4v) is 3.81. The smallest absolute Gasteiger partial charge is 0.324 e. The van der Waals surface area contributed by atoms with Gasteiger partial charge in [-0.2, -0.15) is 0 Å². The molecule has 0 bridgehead atoms. The van der Waals surface area contributed by atoms with Gasteiger partial charge in [-0.25, -0.2) is 0 Å². The molecule has 18 heavy (non-hydrogen) atoms. The van der Waals surface area contributed by atoms with Gasteiger partial charge in [-0.1, -0.05) is 36.8 Å². The van der Waals surface area contributed by atoms with E-state index in [-0.39, 0.29) is 0 Å². The first-order valence-electron chi connectivity index (χ1n) is 6.76. The fourth-order valence-electron chi connectivity index (χ4n) is 3.81. The molecular formula is C15H19NO2. The van der Waals surface area contributed by atoms with Gasteiger partial charge in [0, 0.05) is 6.54 Å². The van der Waals surface area contributed by atoms with Crippen molar-refractivity contribution in [2.75, 3.05) is 6.54 Å². The van der Waals surface area contributed by atoms with Crippen molar-refractivity contribution < 1.29 is 9.90 Å². The lowest BCUT2D eigenvalue weighted by molar-refractivity contribution is -0.151. The van der Waals surface area contributed by atoms with E-state index in [2.05, 4.69) is 17.0 Å². The predicted molar refractivity (Wildman–Crippen MR) is 69.2 cm³/mol. The molecule has 2 fully saturated rings. The quantitative estimate of drug-likeness (QED) is 0.889. The monoisotopic (exact) mass is 245 g/mol. The predicted octanol–water partition coefficient (Wildman–Crippen LogP) is 2.52. The highest BCUT2D eigenvalue weighted by atomic mass is 16.4. The summed E-state index contributed by atoms with van der Waals surface area (Å²) >= 11 is 0. The Bertz CT molecular complexity index is 445. The number of nitrogens with zero attached hydrogens (tertiary/aromatic N) is 1. The lowest BCUT2D eigenvalue weighted by Crippen LogP contribution is -2.51. The van der Waals surface area contributed by atoms with E-state index in [9.17, 15) is 9.90 Å². The van der Waals surface area contributed by atoms with E-state index in [1.807, 2.05) is 18.2 Å². The van der Waals surface area contributed by atoms with Crippen molar-refractivity contribution in [3.63, 3.8) is 0 Å². The SMILES string of the molecule is O=C(O)[C@]12CCC[C@H]1CCN2Cc1ccccc1. The maximum atomic E-state index is 11.8. The van der Waals surface area contributed by atoms with Crippen molar-refractivity contribution in [1.29, 1.82) is 0 Å². The summed E-state index contributed by atoms with van der Waals surface area (Å²) in [6.07, 6.45) is 4.00. The summed E-state index contributed by atoms with van der Waals surface area (Å²) in [7, 11) is 0. The zero-order valence-corrected chi connectivity index (χ0v) is 10.5. The maximum absolute atomic E-state index is 11.8. The highest BCUT2D eigenvalue weighted by Gasteiger charge is 2.56. The van der Waals surface area contributed by atoms with Crippen LogP contribution < -0.4 is 0 Å². The Labute approximate surface area is 107 Å². The van der Waals surface area contributed by atoms with Gasteiger partial charge in [-0.3, -0.25) is 9.69 Å². The molecule has 1 saturated carbocycles. The van der Waals surface area contributed by atoms with Crippen molar-refractivity contribution in [3.05, 3.63) is 35.9 Å². The standard InChI is InChI=1S/C15H19NO2/c17-14(18)15-9-4-7-13(15)8-10-16(15)11-12-5-2-1-3-6-12/h1-3,5-6,13H,4,7-11H2,(H,17,18)/t13-,15-/m0/s1. The molecule has 1 aromatic rings. The number of aliphatic carboxylic acids is 1. The molecule has 3 heteroatoms. The summed E-state index contributed by atoms with van der Waals surface area (Å²) in [5, 5.41) is 9.68. The second-order valence-electron chi connectivity index (χ2n) is 5.51. The second-order valence-corrected chi connectivity index (χ2v) is 5.51. The number of rotatable bonds is 3. The van der Waals surface area contributed by atoms with E-state index in [4.69, 9.17) is 0 Å². The third-order valence-corrected chi connectivity index (χ3v) is 4.68. The van der Waals surface area contributed by atoms with Gasteiger partial charge in [-0.15, -0.1) is 0 Å². The Morgan fingerprint density at radius 2 is 2.11 bits per heavy atom. The molecule has 0 radical (unpaired) electrons. The topological polar surface area (TPSA) is 40.5 Å². The van der Waals surface area contributed by atoms with Crippen LogP contribution in [0.25, 0.3) is 0 Å². The largest absolute Gasteiger partial charge is 0.480 e. The van der Waals surface area contributed by atoms with E-state index in [1.165, 1.54) is 5.56 Å². The molecule has 0 amide bonds. The van der Waals surface area contributed by atoms with Crippen LogP contribution in [0.5, 0.6) is 0 Å². The minimum Gasteiger partial charge on any atom is -0.480 e. The molecule has 1 aliphatic carbocycles. The van der Waals surface area contributed by atoms with Gasteiger partial charge in [0.25, 0.3) is 0 Å². The minimum atomic E-state index is -0.613. The highest BCUT2D eigenvalue weighted by molar-refractivity contribution is 5.80. The number of hydrogen-bond acceptors (Lipinski definition) is 2. The first kappa shape index (κ1) is 11.7. The Balaban J connectivity index is 1.86. The first-order chi connectivity index (χ1) is 8.73. The van der Waals surface area contributed by atoms with Crippen LogP contribution >= 0.6 is 0 Å². The molecule has 2 aliphatic rings. The lowest BCUT2D eigenvalue weighted by Gasteiger charge is -2.34. The number of carboxylic acids is 1. The lowest BCUT2D eigenvalue weighted by atomic mass is 9.88. The summed E-state index contributed by atoms with van der Waals surface area (Å²) in [4.78, 5) is 14.0. The van der Waals surface area contributed by atoms with E-state index >= 15 is 0 Å². The third-order valence-electron chi connectivity index (χ3n) is 4.68. The number of carbonyl (C=O) groups is 1. The van der Waals surface area contributed by atoms with Crippen molar-refractivity contribution >= 4 is 5.97 Å². The Morgan fingerprint density at radius 3 is 2.83 bits per heavy atom. The van der Waals surface area contributed by atoms with Gasteiger partial charge in [0.2, 0.25) is 0 Å². The summed E-state index contributed by atoms with van der Waals surface area (Å²) in [5.74, 6) is -0.253. The van der Waals surface area contributed by atoms with Gasteiger partial charge >= 0.3 is 5.97 Å². The molecule has 0 unspecified atom stereocenters. The van der Waals surface area contributed by atoms with Crippen LogP contribution in [0.1, 0.15) is 31.2 Å². The molecule has 96 valence electrons. The molecule has 3 rings (SSSR count). The molecule has 0 aromatic heterocycles. The summed E-state index contributed by atoms with van der Waals surface area (Å²) < 4.78 is 0. The molecule has 1 heterocycles. The number of carboxylic acid groups (broad SMARTS) is 1.